The van der Waals surface area contributed by atoms with Gasteiger partial charge in [-0.1, -0.05) is 0 Å². The standard InChI is InChI=1S/C9H13FN2O2/c1-13-9(14-2)8(11)6-3-4-12-5-7(6)10/h3-5,8-9H,11H2,1-2H3. The Morgan fingerprint density at radius 1 is 1.43 bits per heavy atom. The van der Waals surface area contributed by atoms with Crippen molar-refractivity contribution in [1.82, 2.24) is 4.98 Å². The summed E-state index contributed by atoms with van der Waals surface area (Å²) in [5.74, 6) is -0.459. The Balaban J connectivity index is 2.88. The van der Waals surface area contributed by atoms with Crippen LogP contribution in [0.1, 0.15) is 11.6 Å². The number of methoxy groups -OCH3 is 2. The number of hydrogen-bond donors (Lipinski definition) is 1. The minimum absolute atomic E-state index is 0.328. The van der Waals surface area contributed by atoms with Crippen LogP contribution in [0.3, 0.4) is 0 Å². The molecule has 0 amide bonds. The highest BCUT2D eigenvalue weighted by Crippen LogP contribution is 2.18. The number of rotatable bonds is 4. The SMILES string of the molecule is COC(OC)C(N)c1ccncc1F. The summed E-state index contributed by atoms with van der Waals surface area (Å²) in [6.45, 7) is 0. The third-order valence-corrected chi connectivity index (χ3v) is 1.92. The van der Waals surface area contributed by atoms with Crippen LogP contribution in [0.15, 0.2) is 18.5 Å². The summed E-state index contributed by atoms with van der Waals surface area (Å²) in [5, 5.41) is 0. The summed E-state index contributed by atoms with van der Waals surface area (Å²) in [6, 6.07) is 0.846. The van der Waals surface area contributed by atoms with Gasteiger partial charge in [0, 0.05) is 26.0 Å². The maximum absolute atomic E-state index is 13.2. The van der Waals surface area contributed by atoms with Crippen molar-refractivity contribution in [3.8, 4) is 0 Å². The molecule has 1 aromatic heterocycles. The summed E-state index contributed by atoms with van der Waals surface area (Å²) >= 11 is 0. The molecule has 0 aromatic carbocycles. The van der Waals surface area contributed by atoms with Crippen LogP contribution >= 0.6 is 0 Å². The molecule has 0 aliphatic heterocycles. The topological polar surface area (TPSA) is 57.4 Å². The Labute approximate surface area is 81.8 Å². The summed E-state index contributed by atoms with van der Waals surface area (Å²) in [4.78, 5) is 3.63. The first-order valence-corrected chi connectivity index (χ1v) is 4.11. The Morgan fingerprint density at radius 3 is 2.57 bits per heavy atom. The lowest BCUT2D eigenvalue weighted by molar-refractivity contribution is -0.117. The largest absolute Gasteiger partial charge is 0.354 e. The van der Waals surface area contributed by atoms with Gasteiger partial charge >= 0.3 is 0 Å². The number of ether oxygens (including phenoxy) is 2. The molecule has 0 spiro atoms. The van der Waals surface area contributed by atoms with E-state index in [1.54, 1.807) is 0 Å². The third-order valence-electron chi connectivity index (χ3n) is 1.92. The fourth-order valence-corrected chi connectivity index (χ4v) is 1.19. The van der Waals surface area contributed by atoms with E-state index in [9.17, 15) is 4.39 Å². The lowest BCUT2D eigenvalue weighted by Gasteiger charge is -2.21. The second kappa shape index (κ2) is 4.99. The first kappa shape index (κ1) is 11.0. The first-order chi connectivity index (χ1) is 6.70. The number of aromatic nitrogens is 1. The van der Waals surface area contributed by atoms with Gasteiger partial charge in [0.15, 0.2) is 6.29 Å². The van der Waals surface area contributed by atoms with E-state index < -0.39 is 18.1 Å². The molecule has 14 heavy (non-hydrogen) atoms. The number of nitrogens with zero attached hydrogens (tertiary/aromatic N) is 1. The maximum Gasteiger partial charge on any atom is 0.176 e. The average molecular weight is 200 g/mol. The van der Waals surface area contributed by atoms with Crippen LogP contribution in [-0.2, 0) is 9.47 Å². The maximum atomic E-state index is 13.2. The molecule has 0 fully saturated rings. The molecule has 0 aliphatic carbocycles. The van der Waals surface area contributed by atoms with Gasteiger partial charge in [-0.3, -0.25) is 4.98 Å². The minimum atomic E-state index is -0.660. The highest BCUT2D eigenvalue weighted by molar-refractivity contribution is 5.17. The number of hydrogen-bond acceptors (Lipinski definition) is 4. The van der Waals surface area contributed by atoms with E-state index in [-0.39, 0.29) is 0 Å². The fraction of sp³-hybridized carbons (Fsp3) is 0.444. The lowest BCUT2D eigenvalue weighted by Crippen LogP contribution is -2.30. The third kappa shape index (κ3) is 2.25. The van der Waals surface area contributed by atoms with Gasteiger partial charge in [0.05, 0.1) is 12.2 Å². The Morgan fingerprint density at radius 2 is 2.07 bits per heavy atom. The summed E-state index contributed by atoms with van der Waals surface area (Å²) in [6.07, 6.45) is 1.92. The predicted octanol–water partition coefficient (Wildman–Crippen LogP) is 0.839. The van der Waals surface area contributed by atoms with Crippen molar-refractivity contribution in [2.45, 2.75) is 12.3 Å². The van der Waals surface area contributed by atoms with Crippen LogP contribution in [0.4, 0.5) is 4.39 Å². The van der Waals surface area contributed by atoms with Crippen molar-refractivity contribution in [2.75, 3.05) is 14.2 Å². The molecule has 0 bridgehead atoms. The Bertz CT molecular complexity index is 292. The van der Waals surface area contributed by atoms with Gasteiger partial charge in [-0.25, -0.2) is 4.39 Å². The van der Waals surface area contributed by atoms with Gasteiger partial charge in [0.25, 0.3) is 0 Å². The van der Waals surface area contributed by atoms with Crippen molar-refractivity contribution >= 4 is 0 Å². The van der Waals surface area contributed by atoms with Gasteiger partial charge in [0.1, 0.15) is 5.82 Å². The number of nitrogens with two attached hydrogens (primary N) is 1. The molecule has 1 unspecified atom stereocenters. The van der Waals surface area contributed by atoms with Crippen LogP contribution < -0.4 is 5.73 Å². The van der Waals surface area contributed by atoms with E-state index >= 15 is 0 Å². The molecule has 5 heteroatoms. The Hall–Kier alpha value is -1.04. The normalized spacial score (nSPS) is 13.2. The monoisotopic (exact) mass is 200 g/mol. The molecule has 78 valence electrons. The molecule has 1 atom stereocenters. The second-order valence-electron chi connectivity index (χ2n) is 2.76. The van der Waals surface area contributed by atoms with Crippen LogP contribution in [0.2, 0.25) is 0 Å². The molecule has 0 radical (unpaired) electrons. The highest BCUT2D eigenvalue weighted by atomic mass is 19.1. The zero-order chi connectivity index (χ0) is 10.6. The number of pyridine rings is 1. The predicted molar refractivity (Wildman–Crippen MR) is 48.9 cm³/mol. The molecular formula is C9H13FN2O2. The van der Waals surface area contributed by atoms with Crippen molar-refractivity contribution in [3.05, 3.63) is 29.8 Å². The van der Waals surface area contributed by atoms with Crippen LogP contribution in [0, 0.1) is 5.82 Å². The van der Waals surface area contributed by atoms with Gasteiger partial charge in [0.2, 0.25) is 0 Å². The summed E-state index contributed by atoms with van der Waals surface area (Å²) in [5.41, 5.74) is 6.07. The Kier molecular flexibility index (Phi) is 3.94. The van der Waals surface area contributed by atoms with Gasteiger partial charge in [-0.15, -0.1) is 0 Å². The van der Waals surface area contributed by atoms with E-state index in [0.717, 1.165) is 6.20 Å². The molecule has 4 nitrogen and oxygen atoms in total. The van der Waals surface area contributed by atoms with Gasteiger partial charge in [-0.2, -0.15) is 0 Å². The van der Waals surface area contributed by atoms with E-state index in [1.807, 2.05) is 0 Å². The van der Waals surface area contributed by atoms with Crippen molar-refractivity contribution in [1.29, 1.82) is 0 Å². The van der Waals surface area contributed by atoms with Crippen molar-refractivity contribution < 1.29 is 13.9 Å². The van der Waals surface area contributed by atoms with Crippen molar-refractivity contribution in [3.63, 3.8) is 0 Å². The lowest BCUT2D eigenvalue weighted by atomic mass is 10.1. The van der Waals surface area contributed by atoms with E-state index in [0.29, 0.717) is 5.56 Å². The molecule has 0 saturated carbocycles. The quantitative estimate of drug-likeness (QED) is 0.732. The summed E-state index contributed by atoms with van der Waals surface area (Å²) < 4.78 is 23.1. The first-order valence-electron chi connectivity index (χ1n) is 4.11. The zero-order valence-corrected chi connectivity index (χ0v) is 8.11. The molecular weight excluding hydrogens is 187 g/mol. The van der Waals surface area contributed by atoms with Crippen LogP contribution in [0.25, 0.3) is 0 Å². The summed E-state index contributed by atoms with van der Waals surface area (Å²) in [7, 11) is 2.90. The molecule has 1 aromatic rings. The smallest absolute Gasteiger partial charge is 0.176 e. The second-order valence-corrected chi connectivity index (χ2v) is 2.76. The molecule has 0 saturated heterocycles. The molecule has 2 N–H and O–H groups in total. The van der Waals surface area contributed by atoms with Crippen LogP contribution in [-0.4, -0.2) is 25.5 Å². The average Bonchev–Trinajstić information content (AvgIpc) is 2.20. The zero-order valence-electron chi connectivity index (χ0n) is 8.11. The molecule has 1 heterocycles. The van der Waals surface area contributed by atoms with Gasteiger partial charge in [-0.05, 0) is 6.07 Å². The van der Waals surface area contributed by atoms with Gasteiger partial charge < -0.3 is 15.2 Å². The number of halogens is 1. The highest BCUT2D eigenvalue weighted by Gasteiger charge is 2.21. The fourth-order valence-electron chi connectivity index (χ4n) is 1.19. The minimum Gasteiger partial charge on any atom is -0.354 e. The van der Waals surface area contributed by atoms with E-state index in [2.05, 4.69) is 4.98 Å². The van der Waals surface area contributed by atoms with E-state index in [1.165, 1.54) is 26.5 Å². The van der Waals surface area contributed by atoms with Crippen LogP contribution in [0.5, 0.6) is 0 Å². The molecule has 1 rings (SSSR count). The van der Waals surface area contributed by atoms with E-state index in [4.69, 9.17) is 15.2 Å². The van der Waals surface area contributed by atoms with Crippen molar-refractivity contribution in [2.24, 2.45) is 5.73 Å². The molecule has 0 aliphatic rings.